The zero-order chi connectivity index (χ0) is 25.6. The third-order valence-corrected chi connectivity index (χ3v) is 6.19. The first-order valence-electron chi connectivity index (χ1n) is 11.9. The number of H-pyrrole nitrogens is 2. The molecule has 4 N–H and O–H groups in total. The molecule has 184 valence electrons. The van der Waals surface area contributed by atoms with E-state index in [1.54, 1.807) is 37.2 Å². The van der Waals surface area contributed by atoms with Crippen LogP contribution < -0.4 is 5.32 Å². The minimum Gasteiger partial charge on any atom is -0.373 e. The molecule has 6 aromatic heterocycles. The van der Waals surface area contributed by atoms with E-state index in [1.165, 1.54) is 0 Å². The van der Waals surface area contributed by atoms with Crippen LogP contribution in [0.5, 0.6) is 0 Å². The van der Waals surface area contributed by atoms with Crippen LogP contribution in [0, 0.1) is 5.41 Å². The molecule has 0 radical (unpaired) electrons. The SMILES string of the molecule is CC(C)(C)C(O)Nc1cncc(-c2cnc3[nH]nc(-c4nc5c(-c6ccncc6)nccc5[nH]4)c3c2)c1. The molecule has 10 heteroatoms. The van der Waals surface area contributed by atoms with Crippen LogP contribution in [0.3, 0.4) is 0 Å². The van der Waals surface area contributed by atoms with Crippen molar-refractivity contribution in [1.29, 1.82) is 0 Å². The highest BCUT2D eigenvalue weighted by Crippen LogP contribution is 2.32. The lowest BCUT2D eigenvalue weighted by Gasteiger charge is -2.27. The summed E-state index contributed by atoms with van der Waals surface area (Å²) in [5.74, 6) is 0.616. The van der Waals surface area contributed by atoms with Crippen molar-refractivity contribution in [2.45, 2.75) is 27.0 Å². The number of pyridine rings is 4. The van der Waals surface area contributed by atoms with Crippen molar-refractivity contribution >= 4 is 27.8 Å². The predicted octanol–water partition coefficient (Wildman–Crippen LogP) is 4.80. The van der Waals surface area contributed by atoms with Gasteiger partial charge in [-0.25, -0.2) is 9.97 Å². The first-order chi connectivity index (χ1) is 17.9. The molecular formula is C27H25N9O. The van der Waals surface area contributed by atoms with Gasteiger partial charge in [0.2, 0.25) is 0 Å². The highest BCUT2D eigenvalue weighted by atomic mass is 16.3. The van der Waals surface area contributed by atoms with Gasteiger partial charge in [0, 0.05) is 53.1 Å². The molecule has 0 aliphatic heterocycles. The Hall–Kier alpha value is -4.70. The predicted molar refractivity (Wildman–Crippen MR) is 142 cm³/mol. The zero-order valence-electron chi connectivity index (χ0n) is 20.6. The van der Waals surface area contributed by atoms with Gasteiger partial charge in [-0.15, -0.1) is 0 Å². The van der Waals surface area contributed by atoms with Gasteiger partial charge in [0.1, 0.15) is 17.4 Å². The quantitative estimate of drug-likeness (QED) is 0.252. The smallest absolute Gasteiger partial charge is 0.159 e. The number of fused-ring (bicyclic) bond motifs is 2. The number of hydrogen-bond donors (Lipinski definition) is 4. The van der Waals surface area contributed by atoms with Crippen LogP contribution in [0.2, 0.25) is 0 Å². The van der Waals surface area contributed by atoms with Crippen molar-refractivity contribution < 1.29 is 5.11 Å². The third-order valence-electron chi connectivity index (χ3n) is 6.19. The van der Waals surface area contributed by atoms with Crippen molar-refractivity contribution in [3.8, 4) is 33.9 Å². The second kappa shape index (κ2) is 8.75. The fourth-order valence-corrected chi connectivity index (χ4v) is 4.06. The summed E-state index contributed by atoms with van der Waals surface area (Å²) in [6, 6.07) is 9.67. The molecule has 0 aromatic carbocycles. The van der Waals surface area contributed by atoms with Crippen LogP contribution in [0.4, 0.5) is 5.69 Å². The number of aliphatic hydroxyl groups is 1. The Morgan fingerprint density at radius 1 is 0.865 bits per heavy atom. The van der Waals surface area contributed by atoms with Crippen molar-refractivity contribution in [3.63, 3.8) is 0 Å². The van der Waals surface area contributed by atoms with E-state index in [9.17, 15) is 5.11 Å². The molecule has 37 heavy (non-hydrogen) atoms. The Morgan fingerprint density at radius 3 is 2.49 bits per heavy atom. The van der Waals surface area contributed by atoms with Crippen LogP contribution in [0.25, 0.3) is 56.0 Å². The average Bonchev–Trinajstić information content (AvgIpc) is 3.52. The molecular weight excluding hydrogens is 466 g/mol. The molecule has 0 aliphatic rings. The van der Waals surface area contributed by atoms with Crippen LogP contribution >= 0.6 is 0 Å². The average molecular weight is 492 g/mol. The summed E-state index contributed by atoms with van der Waals surface area (Å²) in [6.45, 7) is 5.90. The van der Waals surface area contributed by atoms with Gasteiger partial charge < -0.3 is 15.4 Å². The summed E-state index contributed by atoms with van der Waals surface area (Å²) >= 11 is 0. The van der Waals surface area contributed by atoms with Crippen molar-refractivity contribution in [2.24, 2.45) is 5.41 Å². The van der Waals surface area contributed by atoms with E-state index >= 15 is 0 Å². The number of imidazole rings is 1. The van der Waals surface area contributed by atoms with Gasteiger partial charge in [-0.2, -0.15) is 5.10 Å². The monoisotopic (exact) mass is 491 g/mol. The third kappa shape index (κ3) is 4.27. The standard InChI is InChI=1S/C27H25N9O/c1-27(2,3)26(37)32-18-10-16(12-29-14-18)17-11-19-22(35-36-24(19)31-13-17)25-33-20-6-9-30-21(23(20)34-25)15-4-7-28-8-5-15/h4-14,26,32,37H,1-3H3,(H,33,34)(H,31,35,36). The lowest BCUT2D eigenvalue weighted by atomic mass is 9.94. The Morgan fingerprint density at radius 2 is 1.68 bits per heavy atom. The number of nitrogens with one attached hydrogen (secondary N) is 3. The Labute approximate surface area is 212 Å². The Bertz CT molecular complexity index is 1720. The van der Waals surface area contributed by atoms with Gasteiger partial charge in [0.05, 0.1) is 28.5 Å². The summed E-state index contributed by atoms with van der Waals surface area (Å²) in [5, 5.41) is 21.9. The van der Waals surface area contributed by atoms with E-state index in [-0.39, 0.29) is 5.41 Å². The number of anilines is 1. The molecule has 0 amide bonds. The van der Waals surface area contributed by atoms with E-state index in [4.69, 9.17) is 4.98 Å². The van der Waals surface area contributed by atoms with Gasteiger partial charge in [-0.1, -0.05) is 20.8 Å². The fraction of sp³-hybridized carbons (Fsp3) is 0.185. The molecule has 0 aliphatic carbocycles. The molecule has 0 bridgehead atoms. The first-order valence-corrected chi connectivity index (χ1v) is 11.9. The van der Waals surface area contributed by atoms with Crippen LogP contribution in [-0.4, -0.2) is 51.4 Å². The lowest BCUT2D eigenvalue weighted by Crippen LogP contribution is -2.33. The maximum Gasteiger partial charge on any atom is 0.159 e. The normalized spacial score (nSPS) is 12.8. The number of aromatic nitrogens is 8. The molecule has 6 rings (SSSR count). The molecule has 10 nitrogen and oxygen atoms in total. The van der Waals surface area contributed by atoms with E-state index < -0.39 is 6.23 Å². The van der Waals surface area contributed by atoms with E-state index in [2.05, 4.69) is 40.4 Å². The topological polar surface area (TPSA) is 141 Å². The Balaban J connectivity index is 1.40. The minimum absolute atomic E-state index is 0.318. The van der Waals surface area contributed by atoms with E-state index in [0.717, 1.165) is 44.5 Å². The second-order valence-corrected chi connectivity index (χ2v) is 9.94. The summed E-state index contributed by atoms with van der Waals surface area (Å²) in [7, 11) is 0. The second-order valence-electron chi connectivity index (χ2n) is 9.94. The lowest BCUT2D eigenvalue weighted by molar-refractivity contribution is 0.0880. The number of rotatable bonds is 5. The molecule has 0 saturated carbocycles. The van der Waals surface area contributed by atoms with Gasteiger partial charge in [-0.3, -0.25) is 20.1 Å². The van der Waals surface area contributed by atoms with Crippen LogP contribution in [0.1, 0.15) is 20.8 Å². The highest BCUT2D eigenvalue weighted by molar-refractivity contribution is 5.96. The van der Waals surface area contributed by atoms with Gasteiger partial charge in [0.15, 0.2) is 11.5 Å². The number of aliphatic hydroxyl groups excluding tert-OH is 1. The highest BCUT2D eigenvalue weighted by Gasteiger charge is 2.22. The maximum atomic E-state index is 10.4. The molecule has 6 aromatic rings. The number of hydrogen-bond acceptors (Lipinski definition) is 8. The van der Waals surface area contributed by atoms with Crippen molar-refractivity contribution in [3.05, 3.63) is 67.5 Å². The number of nitrogens with zero attached hydrogens (tertiary/aromatic N) is 6. The van der Waals surface area contributed by atoms with Gasteiger partial charge in [-0.05, 0) is 30.3 Å². The largest absolute Gasteiger partial charge is 0.373 e. The van der Waals surface area contributed by atoms with Crippen molar-refractivity contribution in [2.75, 3.05) is 5.32 Å². The van der Waals surface area contributed by atoms with E-state index in [1.807, 2.05) is 51.1 Å². The first kappa shape index (κ1) is 22.7. The molecule has 1 unspecified atom stereocenters. The van der Waals surface area contributed by atoms with Gasteiger partial charge >= 0.3 is 0 Å². The fourth-order valence-electron chi connectivity index (χ4n) is 4.06. The van der Waals surface area contributed by atoms with E-state index in [0.29, 0.717) is 17.2 Å². The van der Waals surface area contributed by atoms with Gasteiger partial charge in [0.25, 0.3) is 0 Å². The molecule has 0 saturated heterocycles. The van der Waals surface area contributed by atoms with Crippen LogP contribution in [-0.2, 0) is 0 Å². The minimum atomic E-state index is -0.717. The molecule has 6 heterocycles. The Kier molecular flexibility index (Phi) is 5.38. The molecule has 0 spiro atoms. The number of aromatic amines is 2. The van der Waals surface area contributed by atoms with Crippen LogP contribution in [0.15, 0.2) is 67.5 Å². The summed E-state index contributed by atoms with van der Waals surface area (Å²) in [4.78, 5) is 25.8. The molecule has 1 atom stereocenters. The summed E-state index contributed by atoms with van der Waals surface area (Å²) in [5.41, 5.74) is 6.77. The summed E-state index contributed by atoms with van der Waals surface area (Å²) in [6.07, 6.45) is 9.75. The maximum absolute atomic E-state index is 10.4. The molecule has 0 fully saturated rings. The summed E-state index contributed by atoms with van der Waals surface area (Å²) < 4.78 is 0. The van der Waals surface area contributed by atoms with Crippen molar-refractivity contribution in [1.82, 2.24) is 40.1 Å². The zero-order valence-corrected chi connectivity index (χ0v) is 20.6.